The van der Waals surface area contributed by atoms with E-state index in [1.807, 2.05) is 6.07 Å². The number of rotatable bonds is 6. The molecule has 182 valence electrons. The summed E-state index contributed by atoms with van der Waals surface area (Å²) in [5.41, 5.74) is 0.850. The number of para-hydroxylation sites is 1. The molecule has 12 heteroatoms. The van der Waals surface area contributed by atoms with Crippen LogP contribution in [0.5, 0.6) is 0 Å². The van der Waals surface area contributed by atoms with E-state index in [0.29, 0.717) is 39.2 Å². The Hall–Kier alpha value is -2.44. The predicted octanol–water partition coefficient (Wildman–Crippen LogP) is 5.18. The highest BCUT2D eigenvalue weighted by Crippen LogP contribution is 2.34. The van der Waals surface area contributed by atoms with Crippen molar-refractivity contribution in [1.82, 2.24) is 14.3 Å². The fourth-order valence-corrected chi connectivity index (χ4v) is 8.20. The Morgan fingerprint density at radius 1 is 1.17 bits per heavy atom. The number of aromatic nitrogens is 2. The number of thiophene rings is 1. The molecule has 4 aromatic rings. The van der Waals surface area contributed by atoms with E-state index in [2.05, 4.69) is 9.97 Å². The van der Waals surface area contributed by atoms with Crippen LogP contribution < -0.4 is 4.90 Å². The van der Waals surface area contributed by atoms with Gasteiger partial charge in [-0.2, -0.15) is 4.31 Å². The Kier molecular flexibility index (Phi) is 6.86. The minimum absolute atomic E-state index is 0.0503. The maximum atomic E-state index is 14.3. The van der Waals surface area contributed by atoms with Crippen LogP contribution in [0.4, 0.5) is 9.52 Å². The van der Waals surface area contributed by atoms with Crippen molar-refractivity contribution in [2.24, 2.45) is 5.92 Å². The molecule has 7 nitrogen and oxygen atoms in total. The van der Waals surface area contributed by atoms with E-state index in [4.69, 9.17) is 11.6 Å². The second-order valence-electron chi connectivity index (χ2n) is 8.09. The number of hydrogen-bond acceptors (Lipinski definition) is 7. The van der Waals surface area contributed by atoms with E-state index in [1.165, 1.54) is 32.7 Å². The van der Waals surface area contributed by atoms with Crippen molar-refractivity contribution in [2.45, 2.75) is 23.6 Å². The zero-order valence-corrected chi connectivity index (χ0v) is 21.5. The van der Waals surface area contributed by atoms with Crippen LogP contribution in [0.2, 0.25) is 4.34 Å². The lowest BCUT2D eigenvalue weighted by molar-refractivity contribution is -0.123. The van der Waals surface area contributed by atoms with Crippen molar-refractivity contribution in [2.75, 3.05) is 18.0 Å². The average molecular weight is 551 g/mol. The van der Waals surface area contributed by atoms with E-state index >= 15 is 0 Å². The van der Waals surface area contributed by atoms with Crippen molar-refractivity contribution < 1.29 is 17.6 Å². The number of sulfonamides is 1. The summed E-state index contributed by atoms with van der Waals surface area (Å²) in [6.07, 6.45) is 2.71. The monoisotopic (exact) mass is 550 g/mol. The molecular formula is C23H20ClFN4O3S3. The summed E-state index contributed by atoms with van der Waals surface area (Å²) in [7, 11) is -3.76. The third kappa shape index (κ3) is 4.96. The molecule has 1 unspecified atom stereocenters. The molecular weight excluding hydrogens is 531 g/mol. The van der Waals surface area contributed by atoms with Crippen LogP contribution in [0.25, 0.3) is 10.2 Å². The number of anilines is 1. The zero-order chi connectivity index (χ0) is 24.6. The van der Waals surface area contributed by atoms with Gasteiger partial charge in [0.25, 0.3) is 10.0 Å². The fourth-order valence-electron chi connectivity index (χ4n) is 4.06. The standard InChI is InChI=1S/C23H20ClFN4O3S3/c24-19-9-10-20(34-19)35(31,32)28-12-4-5-15(13-28)22(30)29(14-16-6-1-2-11-26-16)23-27-21-17(25)7-3-8-18(21)33-23/h1-3,6-11,15H,4-5,12-14H2. The first-order valence-electron chi connectivity index (χ1n) is 10.8. The van der Waals surface area contributed by atoms with Gasteiger partial charge in [-0.15, -0.1) is 11.3 Å². The van der Waals surface area contributed by atoms with Gasteiger partial charge in [-0.25, -0.2) is 17.8 Å². The van der Waals surface area contributed by atoms with Gasteiger partial charge in [0.15, 0.2) is 5.13 Å². The summed E-state index contributed by atoms with van der Waals surface area (Å²) in [6.45, 7) is 0.522. The lowest BCUT2D eigenvalue weighted by Gasteiger charge is -2.33. The van der Waals surface area contributed by atoms with Crippen LogP contribution in [0.3, 0.4) is 0 Å². The molecule has 4 heterocycles. The summed E-state index contributed by atoms with van der Waals surface area (Å²) in [5.74, 6) is -1.30. The number of benzene rings is 1. The Bertz CT molecular complexity index is 1480. The third-order valence-corrected chi connectivity index (χ3v) is 10.4. The van der Waals surface area contributed by atoms with Crippen molar-refractivity contribution in [1.29, 1.82) is 0 Å². The molecule has 1 aliphatic heterocycles. The highest BCUT2D eigenvalue weighted by molar-refractivity contribution is 7.91. The van der Waals surface area contributed by atoms with E-state index in [9.17, 15) is 17.6 Å². The van der Waals surface area contributed by atoms with Crippen molar-refractivity contribution in [3.05, 3.63) is 70.6 Å². The molecule has 0 N–H and O–H groups in total. The van der Waals surface area contributed by atoms with Crippen LogP contribution in [0, 0.1) is 11.7 Å². The topological polar surface area (TPSA) is 83.5 Å². The molecule has 0 bridgehead atoms. The predicted molar refractivity (Wildman–Crippen MR) is 136 cm³/mol. The third-order valence-electron chi connectivity index (χ3n) is 5.78. The van der Waals surface area contributed by atoms with Crippen molar-refractivity contribution in [3.63, 3.8) is 0 Å². The maximum absolute atomic E-state index is 14.3. The lowest BCUT2D eigenvalue weighted by Crippen LogP contribution is -2.46. The molecule has 1 aromatic carbocycles. The Morgan fingerprint density at radius 2 is 2.03 bits per heavy atom. The molecule has 1 fully saturated rings. The molecule has 3 aromatic heterocycles. The van der Waals surface area contributed by atoms with Gasteiger partial charge in [-0.1, -0.05) is 35.1 Å². The molecule has 0 radical (unpaired) electrons. The number of thiazole rings is 1. The van der Waals surface area contributed by atoms with Crippen LogP contribution in [0.1, 0.15) is 18.5 Å². The van der Waals surface area contributed by atoms with Gasteiger partial charge < -0.3 is 0 Å². The van der Waals surface area contributed by atoms with E-state index in [-0.39, 0.29) is 28.7 Å². The number of halogens is 2. The van der Waals surface area contributed by atoms with Gasteiger partial charge in [-0.3, -0.25) is 14.7 Å². The molecule has 1 saturated heterocycles. The van der Waals surface area contributed by atoms with Crippen LogP contribution in [-0.4, -0.2) is 41.7 Å². The molecule has 0 aliphatic carbocycles. The quantitative estimate of drug-likeness (QED) is 0.330. The second kappa shape index (κ2) is 9.90. The van der Waals surface area contributed by atoms with Crippen molar-refractivity contribution in [3.8, 4) is 0 Å². The number of hydrogen-bond donors (Lipinski definition) is 0. The maximum Gasteiger partial charge on any atom is 0.252 e. The number of nitrogens with zero attached hydrogens (tertiary/aromatic N) is 4. The fraction of sp³-hybridized carbons (Fsp3) is 0.261. The number of piperidine rings is 1. The molecule has 1 aliphatic rings. The van der Waals surface area contributed by atoms with Crippen molar-refractivity contribution >= 4 is 65.6 Å². The molecule has 1 atom stereocenters. The smallest absolute Gasteiger partial charge is 0.252 e. The SMILES string of the molecule is O=C(C1CCCN(S(=O)(=O)c2ccc(Cl)s2)C1)N(Cc1ccccn1)c1nc2c(F)cccc2s1. The highest BCUT2D eigenvalue weighted by atomic mass is 35.5. The van der Waals surface area contributed by atoms with Gasteiger partial charge in [0, 0.05) is 19.3 Å². The van der Waals surface area contributed by atoms with E-state index < -0.39 is 21.8 Å². The number of pyridine rings is 1. The first kappa shape index (κ1) is 24.3. The normalized spacial score (nSPS) is 17.0. The first-order chi connectivity index (χ1) is 16.8. The number of carbonyl (C=O) groups is 1. The van der Waals surface area contributed by atoms with E-state index in [0.717, 1.165) is 11.3 Å². The van der Waals surface area contributed by atoms with Gasteiger partial charge in [-0.05, 0) is 49.2 Å². The highest BCUT2D eigenvalue weighted by Gasteiger charge is 2.37. The summed E-state index contributed by atoms with van der Waals surface area (Å²) in [6, 6.07) is 13.1. The van der Waals surface area contributed by atoms with Gasteiger partial charge >= 0.3 is 0 Å². The summed E-state index contributed by atoms with van der Waals surface area (Å²) in [4.78, 5) is 24.1. The second-order valence-corrected chi connectivity index (χ2v) is 13.0. The molecule has 1 amide bonds. The minimum atomic E-state index is -3.76. The summed E-state index contributed by atoms with van der Waals surface area (Å²) in [5, 5.41) is 0.353. The summed E-state index contributed by atoms with van der Waals surface area (Å²) >= 11 is 8.17. The average Bonchev–Trinajstić information content (AvgIpc) is 3.50. The Balaban J connectivity index is 1.46. The minimum Gasteiger partial charge on any atom is -0.282 e. The number of amides is 1. The Labute approximate surface area is 214 Å². The molecule has 0 saturated carbocycles. The van der Waals surface area contributed by atoms with Crippen LogP contribution >= 0.6 is 34.3 Å². The Morgan fingerprint density at radius 3 is 2.74 bits per heavy atom. The van der Waals surface area contributed by atoms with Gasteiger partial charge in [0.1, 0.15) is 15.5 Å². The molecule has 5 rings (SSSR count). The molecule has 0 spiro atoms. The largest absolute Gasteiger partial charge is 0.282 e. The van der Waals surface area contributed by atoms with Crippen LogP contribution in [-0.2, 0) is 21.4 Å². The molecule has 35 heavy (non-hydrogen) atoms. The lowest BCUT2D eigenvalue weighted by atomic mass is 9.98. The zero-order valence-electron chi connectivity index (χ0n) is 18.3. The number of fused-ring (bicyclic) bond motifs is 1. The van der Waals surface area contributed by atoms with Crippen LogP contribution in [0.15, 0.2) is 58.9 Å². The van der Waals surface area contributed by atoms with Gasteiger partial charge in [0.05, 0.1) is 27.2 Å². The summed E-state index contributed by atoms with van der Waals surface area (Å²) < 4.78 is 43.1. The first-order valence-corrected chi connectivity index (χ1v) is 14.3. The van der Waals surface area contributed by atoms with E-state index in [1.54, 1.807) is 36.5 Å². The van der Waals surface area contributed by atoms with Gasteiger partial charge in [0.2, 0.25) is 5.91 Å². The number of carbonyl (C=O) groups excluding carboxylic acids is 1.